The minimum atomic E-state index is -0.793. The molecular weight excluding hydrogens is 211 g/mol. The van der Waals surface area contributed by atoms with Crippen molar-refractivity contribution in [1.82, 2.24) is 0 Å². The zero-order valence-corrected chi connectivity index (χ0v) is 13.3. The van der Waals surface area contributed by atoms with Crippen LogP contribution in [0.3, 0.4) is 0 Å². The molecule has 0 heterocycles. The molecule has 0 nitrogen and oxygen atoms in total. The van der Waals surface area contributed by atoms with Crippen LogP contribution in [0, 0.1) is 0 Å². The van der Waals surface area contributed by atoms with Crippen molar-refractivity contribution in [3.8, 4) is 0 Å². The Balaban J connectivity index is 3.48. The van der Waals surface area contributed by atoms with Gasteiger partial charge < -0.3 is 0 Å². The summed E-state index contributed by atoms with van der Waals surface area (Å²) in [7, 11) is -0.793. The Kier molecular flexibility index (Phi) is 10.9. The third-order valence-electron chi connectivity index (χ3n) is 4.56. The maximum absolute atomic E-state index is 2.43. The van der Waals surface area contributed by atoms with Crippen LogP contribution in [-0.4, -0.2) is 24.6 Å². The van der Waals surface area contributed by atoms with Gasteiger partial charge in [0.1, 0.15) is 0 Å². The van der Waals surface area contributed by atoms with E-state index in [9.17, 15) is 0 Å². The molecular formula is C15H35P. The van der Waals surface area contributed by atoms with Gasteiger partial charge in [-0.25, -0.2) is 0 Å². The van der Waals surface area contributed by atoms with Crippen molar-refractivity contribution >= 4 is 7.26 Å². The van der Waals surface area contributed by atoms with Gasteiger partial charge in [-0.15, -0.1) is 0 Å². The molecule has 0 aliphatic carbocycles. The Morgan fingerprint density at radius 2 is 1.00 bits per heavy atom. The van der Waals surface area contributed by atoms with Gasteiger partial charge in [-0.1, -0.05) is 0 Å². The van der Waals surface area contributed by atoms with Gasteiger partial charge in [0.05, 0.1) is 0 Å². The molecule has 0 radical (unpaired) electrons. The molecule has 16 heavy (non-hydrogen) atoms. The van der Waals surface area contributed by atoms with Crippen LogP contribution < -0.4 is 0 Å². The Hall–Kier alpha value is 0.430. The topological polar surface area (TPSA) is 0 Å². The van der Waals surface area contributed by atoms with Crippen LogP contribution in [0.5, 0.6) is 0 Å². The predicted molar refractivity (Wildman–Crippen MR) is 82.8 cm³/mol. The minimum absolute atomic E-state index is 0.793. The SMILES string of the molecule is CCCCCCCCC[PH](CC)(CC)CC. The van der Waals surface area contributed by atoms with E-state index in [2.05, 4.69) is 27.7 Å². The molecule has 0 saturated carbocycles. The van der Waals surface area contributed by atoms with Gasteiger partial charge in [0, 0.05) is 0 Å². The van der Waals surface area contributed by atoms with Crippen molar-refractivity contribution < 1.29 is 0 Å². The molecule has 0 atom stereocenters. The molecule has 0 unspecified atom stereocenters. The van der Waals surface area contributed by atoms with Crippen LogP contribution in [0.25, 0.3) is 0 Å². The zero-order valence-electron chi connectivity index (χ0n) is 12.3. The van der Waals surface area contributed by atoms with Crippen molar-refractivity contribution in [3.05, 3.63) is 0 Å². The van der Waals surface area contributed by atoms with E-state index < -0.39 is 7.26 Å². The van der Waals surface area contributed by atoms with Crippen LogP contribution in [0.2, 0.25) is 0 Å². The van der Waals surface area contributed by atoms with Crippen LogP contribution in [-0.2, 0) is 0 Å². The van der Waals surface area contributed by atoms with E-state index in [1.807, 2.05) is 0 Å². The number of hydrogen-bond donors (Lipinski definition) is 0. The standard InChI is InChI=1S/C15H35P/c1-5-9-10-11-12-13-14-15-16(6-2,7-3)8-4/h16H,5-15H2,1-4H3. The molecule has 0 bridgehead atoms. The normalized spacial score (nSPS) is 13.0. The van der Waals surface area contributed by atoms with Gasteiger partial charge in [0.15, 0.2) is 0 Å². The molecule has 0 aromatic heterocycles. The van der Waals surface area contributed by atoms with Crippen molar-refractivity contribution in [2.24, 2.45) is 0 Å². The van der Waals surface area contributed by atoms with Crippen molar-refractivity contribution in [3.63, 3.8) is 0 Å². The summed E-state index contributed by atoms with van der Waals surface area (Å²) in [6, 6.07) is 0. The third-order valence-corrected chi connectivity index (χ3v) is 10.5. The van der Waals surface area contributed by atoms with Gasteiger partial charge in [-0.3, -0.25) is 0 Å². The monoisotopic (exact) mass is 246 g/mol. The molecule has 0 rings (SSSR count). The first-order valence-corrected chi connectivity index (χ1v) is 10.6. The summed E-state index contributed by atoms with van der Waals surface area (Å²) in [4.78, 5) is 0. The number of unbranched alkanes of at least 4 members (excludes halogenated alkanes) is 6. The average molecular weight is 246 g/mol. The van der Waals surface area contributed by atoms with Crippen LogP contribution in [0.15, 0.2) is 0 Å². The molecule has 0 spiro atoms. The Morgan fingerprint density at radius 3 is 1.44 bits per heavy atom. The zero-order chi connectivity index (χ0) is 12.3. The Morgan fingerprint density at radius 1 is 0.562 bits per heavy atom. The Bertz CT molecular complexity index is 130. The summed E-state index contributed by atoms with van der Waals surface area (Å²) >= 11 is 0. The summed E-state index contributed by atoms with van der Waals surface area (Å²) in [5, 5.41) is 0. The van der Waals surface area contributed by atoms with E-state index in [1.165, 1.54) is 63.4 Å². The Labute approximate surface area is 105 Å². The second kappa shape index (κ2) is 10.6. The van der Waals surface area contributed by atoms with Crippen LogP contribution in [0.4, 0.5) is 0 Å². The van der Waals surface area contributed by atoms with E-state index in [4.69, 9.17) is 0 Å². The first-order chi connectivity index (χ1) is 7.74. The maximum atomic E-state index is 2.43. The molecule has 1 heteroatoms. The van der Waals surface area contributed by atoms with Gasteiger partial charge >= 0.3 is 105 Å². The van der Waals surface area contributed by atoms with Crippen molar-refractivity contribution in [1.29, 1.82) is 0 Å². The van der Waals surface area contributed by atoms with E-state index in [0.29, 0.717) is 0 Å². The molecule has 0 saturated heterocycles. The van der Waals surface area contributed by atoms with Crippen LogP contribution in [0.1, 0.15) is 72.6 Å². The second-order valence-corrected chi connectivity index (χ2v) is 11.1. The predicted octanol–water partition coefficient (Wildman–Crippen LogP) is 5.55. The van der Waals surface area contributed by atoms with Crippen molar-refractivity contribution in [2.45, 2.75) is 72.6 Å². The molecule has 0 amide bonds. The molecule has 100 valence electrons. The van der Waals surface area contributed by atoms with Gasteiger partial charge in [-0.05, 0) is 0 Å². The molecule has 0 aromatic carbocycles. The first-order valence-electron chi connectivity index (χ1n) is 7.74. The number of rotatable bonds is 11. The number of hydrogen-bond acceptors (Lipinski definition) is 0. The fourth-order valence-corrected chi connectivity index (χ4v) is 6.30. The third kappa shape index (κ3) is 6.89. The summed E-state index contributed by atoms with van der Waals surface area (Å²) in [6.07, 6.45) is 16.4. The van der Waals surface area contributed by atoms with Crippen LogP contribution >= 0.6 is 7.26 Å². The first kappa shape index (κ1) is 16.4. The molecule has 0 aliphatic rings. The van der Waals surface area contributed by atoms with E-state index in [1.54, 1.807) is 6.16 Å². The van der Waals surface area contributed by atoms with Gasteiger partial charge in [-0.2, -0.15) is 0 Å². The fourth-order valence-electron chi connectivity index (χ4n) is 2.74. The molecule has 0 aromatic rings. The molecule has 0 N–H and O–H groups in total. The van der Waals surface area contributed by atoms with Crippen molar-refractivity contribution in [2.75, 3.05) is 24.6 Å². The van der Waals surface area contributed by atoms with E-state index in [-0.39, 0.29) is 0 Å². The quantitative estimate of drug-likeness (QED) is 0.331. The molecule has 0 fully saturated rings. The molecule has 0 aliphatic heterocycles. The summed E-state index contributed by atoms with van der Waals surface area (Å²) < 4.78 is 0. The second-order valence-electron chi connectivity index (χ2n) is 5.43. The van der Waals surface area contributed by atoms with E-state index >= 15 is 0 Å². The van der Waals surface area contributed by atoms with Gasteiger partial charge in [0.25, 0.3) is 0 Å². The average Bonchev–Trinajstić information content (AvgIpc) is 2.34. The summed E-state index contributed by atoms with van der Waals surface area (Å²) in [6.45, 7) is 9.59. The fraction of sp³-hybridized carbons (Fsp3) is 1.00. The summed E-state index contributed by atoms with van der Waals surface area (Å²) in [5.74, 6) is 0. The summed E-state index contributed by atoms with van der Waals surface area (Å²) in [5.41, 5.74) is 0. The van der Waals surface area contributed by atoms with E-state index in [0.717, 1.165) is 0 Å². The van der Waals surface area contributed by atoms with Gasteiger partial charge in [0.2, 0.25) is 0 Å².